The molecule has 4 heteroatoms. The van der Waals surface area contributed by atoms with Crippen molar-refractivity contribution < 1.29 is 13.2 Å². The van der Waals surface area contributed by atoms with E-state index in [0.29, 0.717) is 0 Å². The van der Waals surface area contributed by atoms with Crippen molar-refractivity contribution >= 4 is 5.69 Å². The van der Waals surface area contributed by atoms with E-state index in [-0.39, 0.29) is 0 Å². The molecule has 1 aromatic carbocycles. The van der Waals surface area contributed by atoms with Gasteiger partial charge in [-0.1, -0.05) is 0 Å². The third kappa shape index (κ3) is 2.40. The molecule has 78 valence electrons. The molecule has 0 aliphatic carbocycles. The van der Waals surface area contributed by atoms with E-state index in [0.717, 1.165) is 24.4 Å². The number of hydrogen-bond donors (Lipinski definition) is 0. The molecule has 0 spiro atoms. The van der Waals surface area contributed by atoms with Crippen LogP contribution < -0.4 is 4.90 Å². The average Bonchev–Trinajstić information content (AvgIpc) is 2.15. The lowest BCUT2D eigenvalue weighted by Gasteiger charge is -2.17. The van der Waals surface area contributed by atoms with Crippen LogP contribution in [0, 0.1) is 0 Å². The van der Waals surface area contributed by atoms with Gasteiger partial charge in [0.1, 0.15) is 0 Å². The minimum atomic E-state index is -4.25. The molecule has 0 saturated carbocycles. The van der Waals surface area contributed by atoms with Gasteiger partial charge in [0, 0.05) is 19.3 Å². The van der Waals surface area contributed by atoms with E-state index in [1.54, 1.807) is 0 Å². The van der Waals surface area contributed by atoms with E-state index < -0.39 is 11.7 Å². The molecule has 1 nitrogen and oxygen atoms in total. The molecule has 14 heavy (non-hydrogen) atoms. The number of benzene rings is 1. The Kier molecular flexibility index (Phi) is 3.03. The van der Waals surface area contributed by atoms with Crippen LogP contribution in [0.2, 0.25) is 0 Å². The number of alkyl halides is 3. The summed E-state index contributed by atoms with van der Waals surface area (Å²) in [5.74, 6) is 0. The fourth-order valence-electron chi connectivity index (χ4n) is 1.09. The van der Waals surface area contributed by atoms with Crippen molar-refractivity contribution in [2.24, 2.45) is 0 Å². The maximum absolute atomic E-state index is 12.2. The summed E-state index contributed by atoms with van der Waals surface area (Å²) < 4.78 is 36.6. The Morgan fingerprint density at radius 2 is 1.64 bits per heavy atom. The van der Waals surface area contributed by atoms with Gasteiger partial charge in [0.15, 0.2) is 0 Å². The van der Waals surface area contributed by atoms with Crippen LogP contribution in [0.15, 0.2) is 24.3 Å². The lowest BCUT2D eigenvalue weighted by molar-refractivity contribution is -0.137. The Bertz CT molecular complexity index is 289. The quantitative estimate of drug-likeness (QED) is 0.713. The number of rotatable bonds is 2. The number of anilines is 1. The van der Waals surface area contributed by atoms with Gasteiger partial charge in [0.2, 0.25) is 0 Å². The van der Waals surface area contributed by atoms with Gasteiger partial charge in [-0.15, -0.1) is 0 Å². The first-order valence-electron chi connectivity index (χ1n) is 4.33. The second-order valence-corrected chi connectivity index (χ2v) is 3.06. The molecule has 0 fully saturated rings. The van der Waals surface area contributed by atoms with E-state index in [1.807, 2.05) is 18.9 Å². The predicted molar refractivity (Wildman–Crippen MR) is 50.4 cm³/mol. The Hall–Kier alpha value is -1.19. The highest BCUT2D eigenvalue weighted by atomic mass is 19.4. The summed E-state index contributed by atoms with van der Waals surface area (Å²) in [6.45, 7) is 2.71. The maximum Gasteiger partial charge on any atom is 0.416 e. The summed E-state index contributed by atoms with van der Waals surface area (Å²) in [4.78, 5) is 1.88. The van der Waals surface area contributed by atoms with E-state index in [9.17, 15) is 13.2 Å². The first kappa shape index (κ1) is 10.9. The van der Waals surface area contributed by atoms with E-state index in [4.69, 9.17) is 0 Å². The first-order chi connectivity index (χ1) is 6.45. The molecule has 0 radical (unpaired) electrons. The molecule has 0 bridgehead atoms. The third-order valence-corrected chi connectivity index (χ3v) is 2.11. The molecule has 0 aromatic heterocycles. The SMILES string of the molecule is CCN(C)c1ccc(C(F)(F)F)cc1. The van der Waals surface area contributed by atoms with Crippen LogP contribution in [0.1, 0.15) is 12.5 Å². The van der Waals surface area contributed by atoms with Crippen LogP contribution in [-0.2, 0) is 6.18 Å². The van der Waals surface area contributed by atoms with Crippen molar-refractivity contribution in [3.8, 4) is 0 Å². The number of halogens is 3. The van der Waals surface area contributed by atoms with E-state index in [1.165, 1.54) is 12.1 Å². The molecular formula is C10H12F3N. The van der Waals surface area contributed by atoms with Gasteiger partial charge in [-0.2, -0.15) is 13.2 Å². The minimum Gasteiger partial charge on any atom is -0.375 e. The summed E-state index contributed by atoms with van der Waals surface area (Å²) in [5, 5.41) is 0. The van der Waals surface area contributed by atoms with Crippen LogP contribution in [0.4, 0.5) is 18.9 Å². The zero-order valence-corrected chi connectivity index (χ0v) is 8.10. The van der Waals surface area contributed by atoms with E-state index >= 15 is 0 Å². The molecule has 0 atom stereocenters. The molecule has 0 amide bonds. The smallest absolute Gasteiger partial charge is 0.375 e. The van der Waals surface area contributed by atoms with Crippen molar-refractivity contribution in [3.05, 3.63) is 29.8 Å². The van der Waals surface area contributed by atoms with Gasteiger partial charge < -0.3 is 4.90 Å². The van der Waals surface area contributed by atoms with Crippen LogP contribution in [-0.4, -0.2) is 13.6 Å². The van der Waals surface area contributed by atoms with Crippen molar-refractivity contribution in [1.82, 2.24) is 0 Å². The molecule has 0 aliphatic rings. The number of hydrogen-bond acceptors (Lipinski definition) is 1. The third-order valence-electron chi connectivity index (χ3n) is 2.11. The largest absolute Gasteiger partial charge is 0.416 e. The average molecular weight is 203 g/mol. The molecule has 1 rings (SSSR count). The molecular weight excluding hydrogens is 191 g/mol. The Balaban J connectivity index is 2.89. The highest BCUT2D eigenvalue weighted by Crippen LogP contribution is 2.30. The zero-order valence-electron chi connectivity index (χ0n) is 8.10. The molecule has 0 heterocycles. The summed E-state index contributed by atoms with van der Waals surface area (Å²) in [6.07, 6.45) is -4.25. The normalized spacial score (nSPS) is 11.5. The van der Waals surface area contributed by atoms with Crippen molar-refractivity contribution in [2.45, 2.75) is 13.1 Å². The maximum atomic E-state index is 12.2. The van der Waals surface area contributed by atoms with Gasteiger partial charge in [0.05, 0.1) is 5.56 Å². The monoisotopic (exact) mass is 203 g/mol. The van der Waals surface area contributed by atoms with E-state index in [2.05, 4.69) is 0 Å². The Morgan fingerprint density at radius 3 is 2.00 bits per heavy atom. The zero-order chi connectivity index (χ0) is 10.8. The lowest BCUT2D eigenvalue weighted by atomic mass is 10.2. The van der Waals surface area contributed by atoms with Gasteiger partial charge >= 0.3 is 6.18 Å². The van der Waals surface area contributed by atoms with Crippen LogP contribution in [0.5, 0.6) is 0 Å². The standard InChI is InChI=1S/C10H12F3N/c1-3-14(2)9-6-4-8(5-7-9)10(11,12)13/h4-7H,3H2,1-2H3. The lowest BCUT2D eigenvalue weighted by Crippen LogP contribution is -2.15. The molecule has 1 aromatic rings. The predicted octanol–water partition coefficient (Wildman–Crippen LogP) is 3.16. The first-order valence-corrected chi connectivity index (χ1v) is 4.33. The van der Waals surface area contributed by atoms with Crippen molar-refractivity contribution in [1.29, 1.82) is 0 Å². The van der Waals surface area contributed by atoms with Crippen LogP contribution in [0.3, 0.4) is 0 Å². The minimum absolute atomic E-state index is 0.606. The van der Waals surface area contributed by atoms with Crippen molar-refractivity contribution in [2.75, 3.05) is 18.5 Å². The highest BCUT2D eigenvalue weighted by molar-refractivity contribution is 5.47. The van der Waals surface area contributed by atoms with Gasteiger partial charge in [-0.3, -0.25) is 0 Å². The summed E-state index contributed by atoms with van der Waals surface area (Å²) in [5.41, 5.74) is 0.186. The molecule has 0 aliphatic heterocycles. The summed E-state index contributed by atoms with van der Waals surface area (Å²) in [6, 6.07) is 5.15. The Morgan fingerprint density at radius 1 is 1.14 bits per heavy atom. The van der Waals surface area contributed by atoms with Crippen LogP contribution in [0.25, 0.3) is 0 Å². The molecule has 0 unspecified atom stereocenters. The summed E-state index contributed by atoms with van der Waals surface area (Å²) >= 11 is 0. The fourth-order valence-corrected chi connectivity index (χ4v) is 1.09. The van der Waals surface area contributed by atoms with Gasteiger partial charge in [-0.05, 0) is 31.2 Å². The van der Waals surface area contributed by atoms with Gasteiger partial charge in [0.25, 0.3) is 0 Å². The number of nitrogens with zero attached hydrogens (tertiary/aromatic N) is 1. The molecule has 0 N–H and O–H groups in total. The molecule has 0 saturated heterocycles. The second-order valence-electron chi connectivity index (χ2n) is 3.06. The topological polar surface area (TPSA) is 3.24 Å². The van der Waals surface area contributed by atoms with Crippen molar-refractivity contribution in [3.63, 3.8) is 0 Å². The van der Waals surface area contributed by atoms with Crippen LogP contribution >= 0.6 is 0 Å². The Labute approximate surface area is 81.1 Å². The fraction of sp³-hybridized carbons (Fsp3) is 0.400. The van der Waals surface area contributed by atoms with Gasteiger partial charge in [-0.25, -0.2) is 0 Å². The highest BCUT2D eigenvalue weighted by Gasteiger charge is 2.29. The summed E-state index contributed by atoms with van der Waals surface area (Å²) in [7, 11) is 1.84. The second kappa shape index (κ2) is 3.90.